The lowest BCUT2D eigenvalue weighted by Gasteiger charge is -2.19. The molecule has 0 atom stereocenters. The normalized spacial score (nSPS) is 10.8. The number of benzene rings is 2. The van der Waals surface area contributed by atoms with E-state index in [9.17, 15) is 9.59 Å². The van der Waals surface area contributed by atoms with E-state index in [4.69, 9.17) is 4.74 Å². The highest BCUT2D eigenvalue weighted by molar-refractivity contribution is 5.94. The first-order chi connectivity index (χ1) is 14.5. The van der Waals surface area contributed by atoms with Crippen LogP contribution in [0.3, 0.4) is 0 Å². The number of aromatic nitrogens is 1. The van der Waals surface area contributed by atoms with Crippen LogP contribution >= 0.6 is 0 Å². The van der Waals surface area contributed by atoms with Gasteiger partial charge in [0.15, 0.2) is 0 Å². The van der Waals surface area contributed by atoms with E-state index in [-0.39, 0.29) is 11.8 Å². The monoisotopic (exact) mass is 407 g/mol. The molecule has 0 aliphatic carbocycles. The van der Waals surface area contributed by atoms with Crippen molar-refractivity contribution < 1.29 is 14.3 Å². The summed E-state index contributed by atoms with van der Waals surface area (Å²) in [7, 11) is 1.63. The zero-order chi connectivity index (χ0) is 21.5. The summed E-state index contributed by atoms with van der Waals surface area (Å²) in [5.74, 6) is 0.864. The van der Waals surface area contributed by atoms with Gasteiger partial charge >= 0.3 is 0 Å². The Bertz CT molecular complexity index is 1020. The van der Waals surface area contributed by atoms with Crippen LogP contribution in [0.5, 0.6) is 5.75 Å². The molecule has 3 aromatic rings. The summed E-state index contributed by atoms with van der Waals surface area (Å²) >= 11 is 0. The summed E-state index contributed by atoms with van der Waals surface area (Å²) in [6, 6.07) is 15.5. The number of amides is 2. The minimum atomic E-state index is -0.0340. The molecule has 1 heterocycles. The van der Waals surface area contributed by atoms with E-state index in [1.165, 1.54) is 0 Å². The van der Waals surface area contributed by atoms with E-state index in [1.807, 2.05) is 78.0 Å². The largest absolute Gasteiger partial charge is 0.497 e. The summed E-state index contributed by atoms with van der Waals surface area (Å²) in [4.78, 5) is 26.6. The minimum absolute atomic E-state index is 0.0340. The smallest absolute Gasteiger partial charge is 0.242 e. The third-order valence-corrected chi connectivity index (χ3v) is 5.25. The van der Waals surface area contributed by atoms with Gasteiger partial charge in [0.2, 0.25) is 11.8 Å². The highest BCUT2D eigenvalue weighted by atomic mass is 16.5. The number of ether oxygens (including phenoxy) is 1. The van der Waals surface area contributed by atoms with Crippen LogP contribution in [0.2, 0.25) is 0 Å². The fourth-order valence-electron chi connectivity index (χ4n) is 3.55. The van der Waals surface area contributed by atoms with Crippen LogP contribution in [0.4, 0.5) is 5.69 Å². The standard InChI is InChI=1S/C24H29N3O3/c1-4-26(5-2)24(29)17-27-14-13-19-16-20(10-11-22(19)27)25-23(28)12-9-18-7-6-8-21(15-18)30-3/h6-8,10-11,13-16H,4-5,9,12,17H2,1-3H3,(H,25,28). The second-order valence-corrected chi connectivity index (χ2v) is 7.18. The number of hydrogen-bond acceptors (Lipinski definition) is 3. The molecule has 0 bridgehead atoms. The SMILES string of the molecule is CCN(CC)C(=O)Cn1ccc2cc(NC(=O)CCc3cccc(OC)c3)ccc21. The van der Waals surface area contributed by atoms with Crippen molar-refractivity contribution in [2.75, 3.05) is 25.5 Å². The van der Waals surface area contributed by atoms with Crippen molar-refractivity contribution in [3.8, 4) is 5.75 Å². The molecule has 0 aliphatic heterocycles. The molecule has 6 heteroatoms. The van der Waals surface area contributed by atoms with Crippen molar-refractivity contribution in [1.82, 2.24) is 9.47 Å². The van der Waals surface area contributed by atoms with Gasteiger partial charge in [-0.15, -0.1) is 0 Å². The second kappa shape index (κ2) is 9.96. The maximum atomic E-state index is 12.4. The molecular formula is C24H29N3O3. The van der Waals surface area contributed by atoms with Gasteiger partial charge in [0, 0.05) is 42.3 Å². The summed E-state index contributed by atoms with van der Waals surface area (Å²) in [6.45, 7) is 5.70. The van der Waals surface area contributed by atoms with Gasteiger partial charge in [-0.2, -0.15) is 0 Å². The number of rotatable bonds is 9. The number of nitrogens with zero attached hydrogens (tertiary/aromatic N) is 2. The average Bonchev–Trinajstić information content (AvgIpc) is 3.15. The molecule has 6 nitrogen and oxygen atoms in total. The van der Waals surface area contributed by atoms with Gasteiger partial charge in [-0.3, -0.25) is 9.59 Å². The van der Waals surface area contributed by atoms with Gasteiger partial charge in [0.25, 0.3) is 0 Å². The molecule has 1 aromatic heterocycles. The Kier molecular flexibility index (Phi) is 7.12. The van der Waals surface area contributed by atoms with Gasteiger partial charge in [0.1, 0.15) is 12.3 Å². The maximum Gasteiger partial charge on any atom is 0.242 e. The number of aryl methyl sites for hydroxylation is 1. The number of hydrogen-bond donors (Lipinski definition) is 1. The lowest BCUT2D eigenvalue weighted by molar-refractivity contribution is -0.131. The topological polar surface area (TPSA) is 63.6 Å². The van der Waals surface area contributed by atoms with Gasteiger partial charge in [-0.05, 0) is 62.2 Å². The van der Waals surface area contributed by atoms with E-state index in [1.54, 1.807) is 7.11 Å². The first-order valence-electron chi connectivity index (χ1n) is 10.3. The Morgan fingerprint density at radius 3 is 2.60 bits per heavy atom. The fraction of sp³-hybridized carbons (Fsp3) is 0.333. The number of likely N-dealkylation sites (N-methyl/N-ethyl adjacent to an activating group) is 1. The van der Waals surface area contributed by atoms with Gasteiger partial charge in [0.05, 0.1) is 7.11 Å². The molecule has 0 saturated heterocycles. The van der Waals surface area contributed by atoms with Crippen molar-refractivity contribution in [3.05, 3.63) is 60.3 Å². The molecule has 30 heavy (non-hydrogen) atoms. The summed E-state index contributed by atoms with van der Waals surface area (Å²) < 4.78 is 7.17. The van der Waals surface area contributed by atoms with Crippen LogP contribution in [0.15, 0.2) is 54.7 Å². The zero-order valence-corrected chi connectivity index (χ0v) is 17.9. The van der Waals surface area contributed by atoms with Crippen LogP contribution in [-0.2, 0) is 22.6 Å². The van der Waals surface area contributed by atoms with Crippen molar-refractivity contribution in [2.24, 2.45) is 0 Å². The Morgan fingerprint density at radius 1 is 1.07 bits per heavy atom. The number of methoxy groups -OCH3 is 1. The number of fused-ring (bicyclic) bond motifs is 1. The molecule has 0 unspecified atom stereocenters. The van der Waals surface area contributed by atoms with Gasteiger partial charge in [-0.25, -0.2) is 0 Å². The Balaban J connectivity index is 1.61. The van der Waals surface area contributed by atoms with E-state index in [0.717, 1.165) is 27.9 Å². The first kappa shape index (κ1) is 21.4. The minimum Gasteiger partial charge on any atom is -0.497 e. The van der Waals surface area contributed by atoms with E-state index >= 15 is 0 Å². The molecular weight excluding hydrogens is 378 g/mol. The maximum absolute atomic E-state index is 12.4. The van der Waals surface area contributed by atoms with Crippen LogP contribution in [0, 0.1) is 0 Å². The Hall–Kier alpha value is -3.28. The molecule has 0 fully saturated rings. The molecule has 158 valence electrons. The summed E-state index contributed by atoms with van der Waals surface area (Å²) in [6.07, 6.45) is 2.96. The van der Waals surface area contributed by atoms with E-state index < -0.39 is 0 Å². The highest BCUT2D eigenvalue weighted by Gasteiger charge is 2.12. The highest BCUT2D eigenvalue weighted by Crippen LogP contribution is 2.21. The molecule has 3 rings (SSSR count). The Labute approximate surface area is 177 Å². The zero-order valence-electron chi connectivity index (χ0n) is 17.9. The third-order valence-electron chi connectivity index (χ3n) is 5.25. The van der Waals surface area contributed by atoms with Gasteiger partial charge < -0.3 is 19.5 Å². The van der Waals surface area contributed by atoms with Crippen LogP contribution in [0.1, 0.15) is 25.8 Å². The summed E-state index contributed by atoms with van der Waals surface area (Å²) in [5, 5.41) is 3.96. The molecule has 1 N–H and O–H groups in total. The van der Waals surface area contributed by atoms with Crippen molar-refractivity contribution >= 4 is 28.4 Å². The van der Waals surface area contributed by atoms with Crippen molar-refractivity contribution in [1.29, 1.82) is 0 Å². The number of anilines is 1. The molecule has 2 amide bonds. The predicted molar refractivity (Wildman–Crippen MR) is 120 cm³/mol. The quantitative estimate of drug-likeness (QED) is 0.581. The predicted octanol–water partition coefficient (Wildman–Crippen LogP) is 4.09. The van der Waals surface area contributed by atoms with Crippen LogP contribution in [-0.4, -0.2) is 41.5 Å². The molecule has 0 saturated carbocycles. The molecule has 0 aliphatic rings. The van der Waals surface area contributed by atoms with E-state index in [0.29, 0.717) is 32.5 Å². The van der Waals surface area contributed by atoms with Crippen molar-refractivity contribution in [2.45, 2.75) is 33.2 Å². The molecule has 0 spiro atoms. The lowest BCUT2D eigenvalue weighted by Crippen LogP contribution is -2.33. The summed E-state index contributed by atoms with van der Waals surface area (Å²) in [5.41, 5.74) is 2.80. The van der Waals surface area contributed by atoms with Gasteiger partial charge in [-0.1, -0.05) is 12.1 Å². The Morgan fingerprint density at radius 2 is 1.87 bits per heavy atom. The second-order valence-electron chi connectivity index (χ2n) is 7.18. The molecule has 0 radical (unpaired) electrons. The van der Waals surface area contributed by atoms with Crippen LogP contribution in [0.25, 0.3) is 10.9 Å². The third kappa shape index (κ3) is 5.20. The lowest BCUT2D eigenvalue weighted by atomic mass is 10.1. The number of nitrogens with one attached hydrogen (secondary N) is 1. The molecule has 2 aromatic carbocycles. The number of carbonyl (C=O) groups is 2. The number of carbonyl (C=O) groups excluding carboxylic acids is 2. The fourth-order valence-corrected chi connectivity index (χ4v) is 3.55. The first-order valence-corrected chi connectivity index (χ1v) is 10.3. The average molecular weight is 408 g/mol. The van der Waals surface area contributed by atoms with E-state index in [2.05, 4.69) is 5.32 Å². The van der Waals surface area contributed by atoms with Crippen molar-refractivity contribution in [3.63, 3.8) is 0 Å². The van der Waals surface area contributed by atoms with Crippen LogP contribution < -0.4 is 10.1 Å².